The van der Waals surface area contributed by atoms with Crippen LogP contribution in [-0.4, -0.2) is 10.2 Å². The van der Waals surface area contributed by atoms with Crippen molar-refractivity contribution in [1.29, 1.82) is 0 Å². The zero-order valence-corrected chi connectivity index (χ0v) is 14.8. The van der Waals surface area contributed by atoms with Gasteiger partial charge in [0.2, 0.25) is 0 Å². The molecule has 3 aromatic rings. The Bertz CT molecular complexity index is 654. The molecule has 0 aliphatic heterocycles. The number of benzene rings is 3. The van der Waals surface area contributed by atoms with E-state index in [1.54, 1.807) is 12.1 Å². The van der Waals surface area contributed by atoms with Crippen LogP contribution in [0.2, 0.25) is 0 Å². The molecule has 0 aliphatic rings. The van der Waals surface area contributed by atoms with Gasteiger partial charge in [-0.1, -0.05) is 88.4 Å². The average molecular weight is 322 g/mol. The Morgan fingerprint density at radius 2 is 0.792 bits per heavy atom. The molecule has 0 atom stereocenters. The van der Waals surface area contributed by atoms with Crippen LogP contribution in [0, 0.1) is 0 Å². The van der Waals surface area contributed by atoms with Crippen molar-refractivity contribution < 1.29 is 10.2 Å². The molecule has 24 heavy (non-hydrogen) atoms. The first-order chi connectivity index (χ1) is 11.8. The number of hydrogen-bond donors (Lipinski definition) is 2. The second kappa shape index (κ2) is 10.1. The lowest BCUT2D eigenvalue weighted by Gasteiger charge is -2.10. The molecular weight excluding hydrogens is 296 g/mol. The van der Waals surface area contributed by atoms with Crippen molar-refractivity contribution in [3.8, 4) is 33.8 Å². The van der Waals surface area contributed by atoms with Crippen molar-refractivity contribution in [2.75, 3.05) is 0 Å². The van der Waals surface area contributed by atoms with Gasteiger partial charge < -0.3 is 10.2 Å². The summed E-state index contributed by atoms with van der Waals surface area (Å²) in [6.07, 6.45) is 0. The summed E-state index contributed by atoms with van der Waals surface area (Å²) in [6.45, 7) is 8.00. The predicted octanol–water partition coefficient (Wildman–Crippen LogP) is 6.48. The molecule has 0 aliphatic carbocycles. The summed E-state index contributed by atoms with van der Waals surface area (Å²) >= 11 is 0. The number of rotatable bonds is 2. The van der Waals surface area contributed by atoms with Crippen molar-refractivity contribution in [1.82, 2.24) is 0 Å². The van der Waals surface area contributed by atoms with E-state index in [0.29, 0.717) is 11.1 Å². The van der Waals surface area contributed by atoms with Gasteiger partial charge in [-0.3, -0.25) is 0 Å². The van der Waals surface area contributed by atoms with Crippen molar-refractivity contribution in [2.45, 2.75) is 27.7 Å². The highest BCUT2D eigenvalue weighted by Gasteiger charge is 2.11. The van der Waals surface area contributed by atoms with E-state index < -0.39 is 0 Å². The summed E-state index contributed by atoms with van der Waals surface area (Å²) < 4.78 is 0. The number of aromatic hydroxyl groups is 2. The van der Waals surface area contributed by atoms with Gasteiger partial charge in [0.1, 0.15) is 11.5 Å². The van der Waals surface area contributed by atoms with Crippen molar-refractivity contribution in [2.24, 2.45) is 0 Å². The molecule has 2 nitrogen and oxygen atoms in total. The van der Waals surface area contributed by atoms with E-state index in [1.165, 1.54) is 0 Å². The van der Waals surface area contributed by atoms with E-state index in [0.717, 1.165) is 11.1 Å². The van der Waals surface area contributed by atoms with E-state index in [2.05, 4.69) is 0 Å². The second-order valence-corrected chi connectivity index (χ2v) is 4.62. The summed E-state index contributed by atoms with van der Waals surface area (Å²) in [5, 5.41) is 20.4. The third-order valence-electron chi connectivity index (χ3n) is 3.28. The Balaban J connectivity index is 0.000000671. The van der Waals surface area contributed by atoms with Crippen molar-refractivity contribution in [3.05, 3.63) is 72.8 Å². The highest BCUT2D eigenvalue weighted by molar-refractivity contribution is 5.80. The Morgan fingerprint density at radius 3 is 1.08 bits per heavy atom. The molecule has 3 rings (SSSR count). The van der Waals surface area contributed by atoms with Gasteiger partial charge >= 0.3 is 0 Å². The van der Waals surface area contributed by atoms with E-state index in [-0.39, 0.29) is 11.5 Å². The van der Waals surface area contributed by atoms with Crippen LogP contribution >= 0.6 is 0 Å². The Morgan fingerprint density at radius 1 is 0.500 bits per heavy atom. The molecule has 2 heteroatoms. The molecule has 0 saturated heterocycles. The number of hydrogen-bond acceptors (Lipinski definition) is 2. The molecular formula is C22H26O2. The first kappa shape index (κ1) is 19.3. The molecule has 0 radical (unpaired) electrons. The predicted molar refractivity (Wildman–Crippen MR) is 103 cm³/mol. The Kier molecular flexibility index (Phi) is 8.14. The van der Waals surface area contributed by atoms with Crippen LogP contribution in [-0.2, 0) is 0 Å². The van der Waals surface area contributed by atoms with Gasteiger partial charge in [0, 0.05) is 11.1 Å². The van der Waals surface area contributed by atoms with Gasteiger partial charge in [-0.25, -0.2) is 0 Å². The van der Waals surface area contributed by atoms with Crippen LogP contribution in [0.3, 0.4) is 0 Å². The van der Waals surface area contributed by atoms with E-state index in [4.69, 9.17) is 0 Å². The highest BCUT2D eigenvalue weighted by atomic mass is 16.3. The van der Waals surface area contributed by atoms with Crippen molar-refractivity contribution >= 4 is 0 Å². The lowest BCUT2D eigenvalue weighted by atomic mass is 9.98. The summed E-state index contributed by atoms with van der Waals surface area (Å²) in [6, 6.07) is 22.2. The Labute approximate surface area is 145 Å². The maximum atomic E-state index is 10.2. The number of phenolic OH excluding ortho intramolecular Hbond substituents is 2. The molecule has 0 aromatic heterocycles. The molecule has 2 N–H and O–H groups in total. The quantitative estimate of drug-likeness (QED) is 0.530. The van der Waals surface area contributed by atoms with Crippen LogP contribution in [0.5, 0.6) is 11.5 Å². The molecule has 3 aromatic carbocycles. The normalized spacial score (nSPS) is 9.17. The lowest BCUT2D eigenvalue weighted by molar-refractivity contribution is 0.463. The molecule has 0 saturated carbocycles. The van der Waals surface area contributed by atoms with Gasteiger partial charge in [-0.2, -0.15) is 0 Å². The van der Waals surface area contributed by atoms with Gasteiger partial charge in [-0.05, 0) is 23.3 Å². The average Bonchev–Trinajstić information content (AvgIpc) is 2.68. The van der Waals surface area contributed by atoms with Crippen LogP contribution < -0.4 is 0 Å². The fourth-order valence-corrected chi connectivity index (χ4v) is 2.27. The van der Waals surface area contributed by atoms with E-state index in [9.17, 15) is 10.2 Å². The largest absolute Gasteiger partial charge is 0.507 e. The molecule has 0 amide bonds. The summed E-state index contributed by atoms with van der Waals surface area (Å²) in [5.41, 5.74) is 3.00. The monoisotopic (exact) mass is 322 g/mol. The SMILES string of the molecule is CC.CC.Oc1cc(-c2ccccc2)c(O)cc1-c1ccccc1. The minimum atomic E-state index is 0.160. The molecule has 0 bridgehead atoms. The summed E-state index contributed by atoms with van der Waals surface area (Å²) in [7, 11) is 0. The highest BCUT2D eigenvalue weighted by Crippen LogP contribution is 2.39. The van der Waals surface area contributed by atoms with Crippen LogP contribution in [0.25, 0.3) is 22.3 Å². The van der Waals surface area contributed by atoms with Crippen LogP contribution in [0.1, 0.15) is 27.7 Å². The number of phenols is 2. The smallest absolute Gasteiger partial charge is 0.124 e. The van der Waals surface area contributed by atoms with Crippen LogP contribution in [0.15, 0.2) is 72.8 Å². The summed E-state index contributed by atoms with van der Waals surface area (Å²) in [5.74, 6) is 0.320. The van der Waals surface area contributed by atoms with Gasteiger partial charge in [0.25, 0.3) is 0 Å². The third kappa shape index (κ3) is 4.63. The second-order valence-electron chi connectivity index (χ2n) is 4.62. The fraction of sp³-hybridized carbons (Fsp3) is 0.182. The molecule has 0 heterocycles. The molecule has 0 fully saturated rings. The first-order valence-corrected chi connectivity index (χ1v) is 8.42. The zero-order valence-electron chi connectivity index (χ0n) is 14.8. The van der Waals surface area contributed by atoms with Gasteiger partial charge in [-0.15, -0.1) is 0 Å². The minimum absolute atomic E-state index is 0.160. The maximum absolute atomic E-state index is 10.2. The minimum Gasteiger partial charge on any atom is -0.507 e. The lowest BCUT2D eigenvalue weighted by Crippen LogP contribution is -1.83. The third-order valence-corrected chi connectivity index (χ3v) is 3.28. The molecule has 0 spiro atoms. The van der Waals surface area contributed by atoms with Crippen LogP contribution in [0.4, 0.5) is 0 Å². The standard InChI is InChI=1S/C18H14O2.2C2H6/c19-17-12-16(14-9-5-2-6-10-14)18(20)11-15(17)13-7-3-1-4-8-13;2*1-2/h1-12,19-20H;2*1-2H3. The molecule has 0 unspecified atom stereocenters. The zero-order chi connectivity index (χ0) is 17.9. The summed E-state index contributed by atoms with van der Waals surface area (Å²) in [4.78, 5) is 0. The van der Waals surface area contributed by atoms with E-state index >= 15 is 0 Å². The van der Waals surface area contributed by atoms with Gasteiger partial charge in [0.15, 0.2) is 0 Å². The maximum Gasteiger partial charge on any atom is 0.124 e. The van der Waals surface area contributed by atoms with E-state index in [1.807, 2.05) is 88.4 Å². The fourth-order valence-electron chi connectivity index (χ4n) is 2.27. The topological polar surface area (TPSA) is 40.5 Å². The van der Waals surface area contributed by atoms with Crippen molar-refractivity contribution in [3.63, 3.8) is 0 Å². The first-order valence-electron chi connectivity index (χ1n) is 8.42. The van der Waals surface area contributed by atoms with Gasteiger partial charge in [0.05, 0.1) is 0 Å². The Hall–Kier alpha value is -2.74. The molecule has 126 valence electrons.